The fourth-order valence-corrected chi connectivity index (χ4v) is 3.25. The van der Waals surface area contributed by atoms with Crippen LogP contribution in [0.5, 0.6) is 0 Å². The number of piperidine rings is 1. The first-order valence-corrected chi connectivity index (χ1v) is 8.80. The Labute approximate surface area is 143 Å². The molecule has 3 rings (SSSR count). The van der Waals surface area contributed by atoms with E-state index in [4.69, 9.17) is 0 Å². The maximum Gasteiger partial charge on any atom is 0.137 e. The third kappa shape index (κ3) is 5.12. The largest absolute Gasteiger partial charge is 0.387 e. The van der Waals surface area contributed by atoms with Gasteiger partial charge in [-0.3, -0.25) is 4.68 Å². The van der Waals surface area contributed by atoms with Gasteiger partial charge in [0.1, 0.15) is 12.7 Å². The van der Waals surface area contributed by atoms with Gasteiger partial charge in [-0.2, -0.15) is 5.10 Å². The number of aliphatic hydroxyl groups is 1. The van der Waals surface area contributed by atoms with Crippen LogP contribution in [-0.4, -0.2) is 57.5 Å². The van der Waals surface area contributed by atoms with Crippen LogP contribution in [0.15, 0.2) is 43.0 Å². The lowest BCUT2D eigenvalue weighted by Gasteiger charge is -2.33. The molecular formula is C18H27N5O. The smallest absolute Gasteiger partial charge is 0.137 e. The van der Waals surface area contributed by atoms with E-state index in [-0.39, 0.29) is 6.10 Å². The number of β-amino-alcohol motifs (C(OH)–C–C–N with tert-alkyl or cyclic N) is 1. The van der Waals surface area contributed by atoms with Crippen LogP contribution in [0.1, 0.15) is 24.5 Å². The standard InChI is InChI=1S/C18H27N5O/c24-18(17-4-2-1-3-5-17)13-22-9-6-16(7-10-22)12-19-8-11-23-15-20-14-21-23/h1-5,14-16,18-19,24H,6-13H2. The van der Waals surface area contributed by atoms with Crippen molar-refractivity contribution in [2.45, 2.75) is 25.5 Å². The van der Waals surface area contributed by atoms with Crippen molar-refractivity contribution in [3.05, 3.63) is 48.5 Å². The Morgan fingerprint density at radius 3 is 2.71 bits per heavy atom. The molecule has 0 bridgehead atoms. The number of hydrogen-bond donors (Lipinski definition) is 2. The fourth-order valence-electron chi connectivity index (χ4n) is 3.25. The average Bonchev–Trinajstić information content (AvgIpc) is 3.14. The molecule has 1 saturated heterocycles. The first-order chi connectivity index (χ1) is 11.8. The molecule has 0 spiro atoms. The van der Waals surface area contributed by atoms with Crippen molar-refractivity contribution in [1.29, 1.82) is 0 Å². The van der Waals surface area contributed by atoms with Gasteiger partial charge in [-0.25, -0.2) is 4.98 Å². The third-order valence-electron chi connectivity index (χ3n) is 4.74. The fraction of sp³-hybridized carbons (Fsp3) is 0.556. The topological polar surface area (TPSA) is 66.2 Å². The van der Waals surface area contributed by atoms with E-state index in [0.29, 0.717) is 0 Å². The molecule has 24 heavy (non-hydrogen) atoms. The monoisotopic (exact) mass is 329 g/mol. The van der Waals surface area contributed by atoms with Gasteiger partial charge in [0.25, 0.3) is 0 Å². The lowest BCUT2D eigenvalue weighted by atomic mass is 9.96. The molecule has 1 aromatic carbocycles. The second-order valence-electron chi connectivity index (χ2n) is 6.53. The lowest BCUT2D eigenvalue weighted by Crippen LogP contribution is -2.39. The van der Waals surface area contributed by atoms with Gasteiger partial charge in [0.2, 0.25) is 0 Å². The molecule has 0 amide bonds. The van der Waals surface area contributed by atoms with Gasteiger partial charge in [0, 0.05) is 13.1 Å². The van der Waals surface area contributed by atoms with Crippen LogP contribution in [-0.2, 0) is 6.54 Å². The number of likely N-dealkylation sites (tertiary alicyclic amines) is 1. The number of nitrogens with zero attached hydrogens (tertiary/aromatic N) is 4. The van der Waals surface area contributed by atoms with E-state index in [1.54, 1.807) is 12.7 Å². The Bertz CT molecular complexity index is 566. The van der Waals surface area contributed by atoms with Crippen molar-refractivity contribution in [1.82, 2.24) is 25.0 Å². The highest BCUT2D eigenvalue weighted by molar-refractivity contribution is 5.17. The molecule has 2 heterocycles. The molecule has 1 atom stereocenters. The number of benzene rings is 1. The van der Waals surface area contributed by atoms with Crippen LogP contribution in [0.25, 0.3) is 0 Å². The molecule has 2 aromatic rings. The second-order valence-corrected chi connectivity index (χ2v) is 6.53. The van der Waals surface area contributed by atoms with Crippen molar-refractivity contribution >= 4 is 0 Å². The molecular weight excluding hydrogens is 302 g/mol. The summed E-state index contributed by atoms with van der Waals surface area (Å²) in [5, 5.41) is 18.0. The van der Waals surface area contributed by atoms with E-state index in [2.05, 4.69) is 20.3 Å². The number of nitrogens with one attached hydrogen (secondary N) is 1. The van der Waals surface area contributed by atoms with Crippen molar-refractivity contribution in [2.24, 2.45) is 5.92 Å². The van der Waals surface area contributed by atoms with Gasteiger partial charge < -0.3 is 15.3 Å². The Hall–Kier alpha value is -1.76. The predicted molar refractivity (Wildman–Crippen MR) is 93.5 cm³/mol. The summed E-state index contributed by atoms with van der Waals surface area (Å²) in [5.74, 6) is 0.728. The van der Waals surface area contributed by atoms with Gasteiger partial charge in [0.15, 0.2) is 0 Å². The summed E-state index contributed by atoms with van der Waals surface area (Å²) in [7, 11) is 0. The molecule has 2 N–H and O–H groups in total. The number of aliphatic hydroxyl groups excluding tert-OH is 1. The highest BCUT2D eigenvalue weighted by Gasteiger charge is 2.21. The summed E-state index contributed by atoms with van der Waals surface area (Å²) < 4.78 is 1.85. The zero-order chi connectivity index (χ0) is 16.6. The van der Waals surface area contributed by atoms with Crippen molar-refractivity contribution in [2.75, 3.05) is 32.7 Å². The van der Waals surface area contributed by atoms with Crippen LogP contribution < -0.4 is 5.32 Å². The minimum absolute atomic E-state index is 0.386. The van der Waals surface area contributed by atoms with E-state index >= 15 is 0 Å². The summed E-state index contributed by atoms with van der Waals surface area (Å²) in [4.78, 5) is 6.32. The van der Waals surface area contributed by atoms with Crippen LogP contribution in [0.4, 0.5) is 0 Å². The number of rotatable bonds is 8. The minimum Gasteiger partial charge on any atom is -0.387 e. The van der Waals surface area contributed by atoms with Gasteiger partial charge in [0.05, 0.1) is 12.6 Å². The van der Waals surface area contributed by atoms with Crippen molar-refractivity contribution in [3.63, 3.8) is 0 Å². The van der Waals surface area contributed by atoms with Crippen molar-refractivity contribution < 1.29 is 5.11 Å². The maximum atomic E-state index is 10.3. The molecule has 1 unspecified atom stereocenters. The molecule has 130 valence electrons. The SMILES string of the molecule is OC(CN1CCC(CNCCn2cncn2)CC1)c1ccccc1. The Balaban J connectivity index is 1.31. The third-order valence-corrected chi connectivity index (χ3v) is 4.74. The highest BCUT2D eigenvalue weighted by atomic mass is 16.3. The van der Waals surface area contributed by atoms with E-state index in [0.717, 1.165) is 50.7 Å². The molecule has 1 fully saturated rings. The average molecular weight is 329 g/mol. The number of aromatic nitrogens is 3. The van der Waals surface area contributed by atoms with Gasteiger partial charge in [-0.1, -0.05) is 30.3 Å². The molecule has 0 aliphatic carbocycles. The normalized spacial score (nSPS) is 17.9. The molecule has 6 nitrogen and oxygen atoms in total. The second kappa shape index (κ2) is 8.92. The molecule has 0 saturated carbocycles. The van der Waals surface area contributed by atoms with E-state index in [1.165, 1.54) is 12.8 Å². The Kier molecular flexibility index (Phi) is 6.34. The van der Waals surface area contributed by atoms with Gasteiger partial charge >= 0.3 is 0 Å². The zero-order valence-electron chi connectivity index (χ0n) is 14.1. The first kappa shape index (κ1) is 17.1. The minimum atomic E-state index is -0.386. The molecule has 1 aliphatic heterocycles. The molecule has 1 aromatic heterocycles. The first-order valence-electron chi connectivity index (χ1n) is 8.80. The highest BCUT2D eigenvalue weighted by Crippen LogP contribution is 2.20. The predicted octanol–water partition coefficient (Wildman–Crippen LogP) is 1.31. The summed E-state index contributed by atoms with van der Waals surface area (Å²) in [6.07, 6.45) is 5.32. The molecule has 1 aliphatic rings. The quantitative estimate of drug-likeness (QED) is 0.715. The zero-order valence-corrected chi connectivity index (χ0v) is 14.1. The van der Waals surface area contributed by atoms with Crippen molar-refractivity contribution in [3.8, 4) is 0 Å². The van der Waals surface area contributed by atoms with E-state index < -0.39 is 0 Å². The Morgan fingerprint density at radius 2 is 2.00 bits per heavy atom. The summed E-state index contributed by atoms with van der Waals surface area (Å²) in [6.45, 7) is 5.72. The Morgan fingerprint density at radius 1 is 1.21 bits per heavy atom. The van der Waals surface area contributed by atoms with Gasteiger partial charge in [-0.05, 0) is 44.0 Å². The lowest BCUT2D eigenvalue weighted by molar-refractivity contribution is 0.0891. The summed E-state index contributed by atoms with van der Waals surface area (Å²) >= 11 is 0. The maximum absolute atomic E-state index is 10.3. The van der Waals surface area contributed by atoms with Crippen LogP contribution in [0.2, 0.25) is 0 Å². The van der Waals surface area contributed by atoms with Crippen LogP contribution in [0, 0.1) is 5.92 Å². The van der Waals surface area contributed by atoms with E-state index in [9.17, 15) is 5.11 Å². The summed E-state index contributed by atoms with van der Waals surface area (Å²) in [6, 6.07) is 9.94. The molecule has 6 heteroatoms. The van der Waals surface area contributed by atoms with E-state index in [1.807, 2.05) is 35.0 Å². The number of hydrogen-bond acceptors (Lipinski definition) is 5. The summed E-state index contributed by atoms with van der Waals surface area (Å²) in [5.41, 5.74) is 1.01. The molecule has 0 radical (unpaired) electrons. The van der Waals surface area contributed by atoms with Gasteiger partial charge in [-0.15, -0.1) is 0 Å². The van der Waals surface area contributed by atoms with Crippen LogP contribution >= 0.6 is 0 Å². The van der Waals surface area contributed by atoms with Crippen LogP contribution in [0.3, 0.4) is 0 Å².